The minimum absolute atomic E-state index is 0.0601. The van der Waals surface area contributed by atoms with Crippen LogP contribution in [0.3, 0.4) is 0 Å². The van der Waals surface area contributed by atoms with Crippen molar-refractivity contribution in [2.45, 2.75) is 10.6 Å². The standard InChI is InChI=1S/C14H11NO4S2/c1-2-10-4-3-5-11(8-10)15-21(18,19)14-7-6-12(20-14)9-13(16)17/h1,3-8,15H,9H2,(H,16,17). The molecule has 1 heterocycles. The van der Waals surface area contributed by atoms with Gasteiger partial charge in [-0.1, -0.05) is 12.0 Å². The van der Waals surface area contributed by atoms with Crippen molar-refractivity contribution >= 4 is 33.0 Å². The van der Waals surface area contributed by atoms with Crippen LogP contribution in [0.1, 0.15) is 10.4 Å². The van der Waals surface area contributed by atoms with Crippen molar-refractivity contribution in [2.24, 2.45) is 0 Å². The Bertz CT molecular complexity index is 815. The topological polar surface area (TPSA) is 83.5 Å². The molecule has 7 heteroatoms. The zero-order chi connectivity index (χ0) is 15.5. The Morgan fingerprint density at radius 3 is 2.76 bits per heavy atom. The van der Waals surface area contributed by atoms with Gasteiger partial charge in [0.25, 0.3) is 10.0 Å². The molecule has 1 aromatic carbocycles. The van der Waals surface area contributed by atoms with Crippen LogP contribution in [-0.4, -0.2) is 19.5 Å². The third-order valence-corrected chi connectivity index (χ3v) is 5.47. The summed E-state index contributed by atoms with van der Waals surface area (Å²) in [6.45, 7) is 0. The Labute approximate surface area is 126 Å². The molecule has 0 amide bonds. The molecular formula is C14H11NO4S2. The average molecular weight is 321 g/mol. The fourth-order valence-corrected chi connectivity index (χ4v) is 4.02. The number of carbonyl (C=O) groups is 1. The smallest absolute Gasteiger partial charge is 0.308 e. The molecule has 0 fully saturated rings. The van der Waals surface area contributed by atoms with Crippen molar-refractivity contribution in [2.75, 3.05) is 4.72 Å². The number of carboxylic acids is 1. The largest absolute Gasteiger partial charge is 0.481 e. The Kier molecular flexibility index (Phi) is 4.31. The van der Waals surface area contributed by atoms with E-state index in [1.54, 1.807) is 24.3 Å². The Morgan fingerprint density at radius 1 is 1.33 bits per heavy atom. The van der Waals surface area contributed by atoms with Crippen LogP contribution in [-0.2, 0) is 21.2 Å². The van der Waals surface area contributed by atoms with E-state index in [1.165, 1.54) is 12.1 Å². The number of anilines is 1. The molecule has 0 unspecified atom stereocenters. The third-order valence-electron chi connectivity index (χ3n) is 2.51. The van der Waals surface area contributed by atoms with Crippen LogP contribution in [0.4, 0.5) is 5.69 Å². The molecule has 0 spiro atoms. The van der Waals surface area contributed by atoms with Gasteiger partial charge in [-0.15, -0.1) is 17.8 Å². The van der Waals surface area contributed by atoms with Crippen molar-refractivity contribution in [3.63, 3.8) is 0 Å². The highest BCUT2D eigenvalue weighted by Gasteiger charge is 2.17. The van der Waals surface area contributed by atoms with E-state index >= 15 is 0 Å². The summed E-state index contributed by atoms with van der Waals surface area (Å²) in [4.78, 5) is 11.1. The molecule has 0 aliphatic carbocycles. The average Bonchev–Trinajstić information content (AvgIpc) is 2.87. The summed E-state index contributed by atoms with van der Waals surface area (Å²) < 4.78 is 26.9. The number of rotatable bonds is 5. The molecule has 0 aliphatic rings. The van der Waals surface area contributed by atoms with Gasteiger partial charge in [0.1, 0.15) is 4.21 Å². The van der Waals surface area contributed by atoms with E-state index in [-0.39, 0.29) is 10.6 Å². The monoisotopic (exact) mass is 321 g/mol. The number of hydrogen-bond donors (Lipinski definition) is 2. The van der Waals surface area contributed by atoms with E-state index in [9.17, 15) is 13.2 Å². The maximum absolute atomic E-state index is 12.2. The van der Waals surface area contributed by atoms with E-state index < -0.39 is 16.0 Å². The van der Waals surface area contributed by atoms with Crippen LogP contribution < -0.4 is 4.72 Å². The van der Waals surface area contributed by atoms with Gasteiger partial charge >= 0.3 is 5.97 Å². The first kappa shape index (κ1) is 15.1. The molecule has 2 rings (SSSR count). The summed E-state index contributed by atoms with van der Waals surface area (Å²) in [6, 6.07) is 9.35. The molecular weight excluding hydrogens is 310 g/mol. The molecule has 1 aromatic heterocycles. The van der Waals surface area contributed by atoms with Gasteiger partial charge in [-0.05, 0) is 30.3 Å². The van der Waals surface area contributed by atoms with Crippen LogP contribution in [0.15, 0.2) is 40.6 Å². The number of thiophene rings is 1. The maximum atomic E-state index is 12.2. The Hall–Kier alpha value is -2.30. The molecule has 5 nitrogen and oxygen atoms in total. The number of carboxylic acid groups (broad SMARTS) is 1. The van der Waals surface area contributed by atoms with Crippen molar-refractivity contribution in [1.29, 1.82) is 0 Å². The highest BCUT2D eigenvalue weighted by atomic mass is 32.2. The van der Waals surface area contributed by atoms with Gasteiger partial charge in [-0.3, -0.25) is 9.52 Å². The van der Waals surface area contributed by atoms with Gasteiger partial charge in [-0.25, -0.2) is 8.42 Å². The lowest BCUT2D eigenvalue weighted by Gasteiger charge is -2.06. The summed E-state index contributed by atoms with van der Waals surface area (Å²) in [5.74, 6) is 1.42. The van der Waals surface area contributed by atoms with E-state index in [2.05, 4.69) is 10.6 Å². The summed E-state index contributed by atoms with van der Waals surface area (Å²) in [5.41, 5.74) is 0.923. The molecule has 0 atom stereocenters. The summed E-state index contributed by atoms with van der Waals surface area (Å²) in [5, 5.41) is 8.69. The molecule has 2 N–H and O–H groups in total. The molecule has 2 aromatic rings. The number of aliphatic carboxylic acids is 1. The van der Waals surface area contributed by atoms with Crippen molar-refractivity contribution in [3.8, 4) is 12.3 Å². The molecule has 0 saturated carbocycles. The van der Waals surface area contributed by atoms with E-state index in [0.717, 1.165) is 11.3 Å². The predicted octanol–water partition coefficient (Wildman–Crippen LogP) is 2.16. The van der Waals surface area contributed by atoms with Crippen LogP contribution >= 0.6 is 11.3 Å². The highest BCUT2D eigenvalue weighted by Crippen LogP contribution is 2.24. The minimum atomic E-state index is -3.75. The normalized spacial score (nSPS) is 10.8. The lowest BCUT2D eigenvalue weighted by molar-refractivity contribution is -0.136. The van der Waals surface area contributed by atoms with Crippen LogP contribution in [0, 0.1) is 12.3 Å². The summed E-state index contributed by atoms with van der Waals surface area (Å²) in [7, 11) is -3.75. The number of sulfonamides is 1. The van der Waals surface area contributed by atoms with Gasteiger partial charge in [0.2, 0.25) is 0 Å². The van der Waals surface area contributed by atoms with Gasteiger partial charge in [0.15, 0.2) is 0 Å². The van der Waals surface area contributed by atoms with Crippen LogP contribution in [0.2, 0.25) is 0 Å². The van der Waals surface area contributed by atoms with E-state index in [1.807, 2.05) is 0 Å². The van der Waals surface area contributed by atoms with Crippen molar-refractivity contribution in [1.82, 2.24) is 0 Å². The van der Waals surface area contributed by atoms with Gasteiger partial charge < -0.3 is 5.11 Å². The zero-order valence-corrected chi connectivity index (χ0v) is 12.4. The lowest BCUT2D eigenvalue weighted by Crippen LogP contribution is -2.11. The number of terminal acetylenes is 1. The van der Waals surface area contributed by atoms with Crippen molar-refractivity contribution < 1.29 is 18.3 Å². The second-order valence-corrected chi connectivity index (χ2v) is 7.20. The van der Waals surface area contributed by atoms with Crippen LogP contribution in [0.25, 0.3) is 0 Å². The van der Waals surface area contributed by atoms with Crippen LogP contribution in [0.5, 0.6) is 0 Å². The quantitative estimate of drug-likeness (QED) is 0.827. The third kappa shape index (κ3) is 3.84. The van der Waals surface area contributed by atoms with Gasteiger partial charge in [0, 0.05) is 10.4 Å². The first-order valence-corrected chi connectivity index (χ1v) is 8.11. The molecule has 108 valence electrons. The SMILES string of the molecule is C#Cc1cccc(NS(=O)(=O)c2ccc(CC(=O)O)s2)c1. The molecule has 0 radical (unpaired) electrons. The molecule has 0 bridgehead atoms. The molecule has 0 saturated heterocycles. The fourth-order valence-electron chi connectivity index (χ4n) is 1.62. The first-order valence-electron chi connectivity index (χ1n) is 5.81. The fraction of sp³-hybridized carbons (Fsp3) is 0.0714. The molecule has 0 aliphatic heterocycles. The maximum Gasteiger partial charge on any atom is 0.308 e. The van der Waals surface area contributed by atoms with E-state index in [0.29, 0.717) is 16.1 Å². The van der Waals surface area contributed by atoms with Crippen molar-refractivity contribution in [3.05, 3.63) is 46.8 Å². The molecule has 21 heavy (non-hydrogen) atoms. The second-order valence-electron chi connectivity index (χ2n) is 4.12. The first-order chi connectivity index (χ1) is 9.90. The predicted molar refractivity (Wildman–Crippen MR) is 80.8 cm³/mol. The summed E-state index contributed by atoms with van der Waals surface area (Å²) >= 11 is 0.926. The van der Waals surface area contributed by atoms with Gasteiger partial charge in [0.05, 0.1) is 12.1 Å². The highest BCUT2D eigenvalue weighted by molar-refractivity contribution is 7.94. The summed E-state index contributed by atoms with van der Waals surface area (Å²) in [6.07, 6.45) is 5.06. The second kappa shape index (κ2) is 5.99. The number of hydrogen-bond acceptors (Lipinski definition) is 4. The Balaban J connectivity index is 2.23. The number of nitrogens with one attached hydrogen (secondary N) is 1. The van der Waals surface area contributed by atoms with E-state index in [4.69, 9.17) is 11.5 Å². The minimum Gasteiger partial charge on any atom is -0.481 e. The van der Waals surface area contributed by atoms with Gasteiger partial charge in [-0.2, -0.15) is 0 Å². The Morgan fingerprint density at radius 2 is 2.10 bits per heavy atom. The lowest BCUT2D eigenvalue weighted by atomic mass is 10.2. The number of benzene rings is 1. The zero-order valence-electron chi connectivity index (χ0n) is 10.7.